The summed E-state index contributed by atoms with van der Waals surface area (Å²) in [6, 6.07) is 17.0. The van der Waals surface area contributed by atoms with Crippen LogP contribution in [0.5, 0.6) is 5.75 Å². The van der Waals surface area contributed by atoms with Gasteiger partial charge in [0.05, 0.1) is 33.7 Å². The van der Waals surface area contributed by atoms with Crippen molar-refractivity contribution in [3.63, 3.8) is 0 Å². The summed E-state index contributed by atoms with van der Waals surface area (Å²) in [5.74, 6) is 1.59. The van der Waals surface area contributed by atoms with Crippen LogP contribution < -0.4 is 39.2 Å². The molecule has 0 radical (unpaired) electrons. The number of halogens is 3. The van der Waals surface area contributed by atoms with Gasteiger partial charge in [0.1, 0.15) is 29.4 Å². The molecule has 1 atom stereocenters. The van der Waals surface area contributed by atoms with Crippen LogP contribution in [-0.4, -0.2) is 32.1 Å². The van der Waals surface area contributed by atoms with Crippen LogP contribution in [0.1, 0.15) is 35.6 Å². The predicted octanol–water partition coefficient (Wildman–Crippen LogP) is 3.71. The van der Waals surface area contributed by atoms with Crippen molar-refractivity contribution in [2.75, 3.05) is 18.0 Å². The summed E-state index contributed by atoms with van der Waals surface area (Å²) >= 11 is 17.2. The van der Waals surface area contributed by atoms with Gasteiger partial charge in [-0.2, -0.15) is 0 Å². The summed E-state index contributed by atoms with van der Waals surface area (Å²) in [5.41, 5.74) is 2.07. The molecule has 202 valence electrons. The molecule has 6 rings (SSSR count). The molecule has 1 aliphatic heterocycles. The molecule has 1 saturated heterocycles. The van der Waals surface area contributed by atoms with E-state index in [-0.39, 0.29) is 54.1 Å². The molecule has 1 aliphatic carbocycles. The Bertz CT molecular complexity index is 1570. The molecule has 1 aromatic heterocycles. The summed E-state index contributed by atoms with van der Waals surface area (Å²) in [6.45, 7) is 0.724. The van der Waals surface area contributed by atoms with E-state index in [1.54, 1.807) is 54.6 Å². The van der Waals surface area contributed by atoms with Crippen molar-refractivity contribution >= 4 is 51.6 Å². The van der Waals surface area contributed by atoms with Gasteiger partial charge in [0.15, 0.2) is 0 Å². The van der Waals surface area contributed by atoms with Crippen LogP contribution in [0.15, 0.2) is 70.1 Å². The van der Waals surface area contributed by atoms with Gasteiger partial charge >= 0.3 is 29.6 Å². The van der Waals surface area contributed by atoms with E-state index >= 15 is 0 Å². The minimum Gasteiger partial charge on any atom is -0.768 e. The Kier molecular flexibility index (Phi) is 8.93. The summed E-state index contributed by atoms with van der Waals surface area (Å²) in [5, 5.41) is 16.8. The number of hydrogen-bond donors (Lipinski definition) is 1. The maximum absolute atomic E-state index is 11.3. The second-order valence-corrected chi connectivity index (χ2v) is 12.0. The second kappa shape index (κ2) is 12.0. The molecular formula is C28H22Cl3N2NaO5S. The van der Waals surface area contributed by atoms with Crippen LogP contribution in [0.2, 0.25) is 15.1 Å². The molecule has 2 fully saturated rings. The third kappa shape index (κ3) is 5.84. The van der Waals surface area contributed by atoms with Crippen LogP contribution in [0.3, 0.4) is 0 Å². The van der Waals surface area contributed by atoms with Gasteiger partial charge in [-0.05, 0) is 66.4 Å². The van der Waals surface area contributed by atoms with Crippen molar-refractivity contribution < 1.29 is 52.7 Å². The van der Waals surface area contributed by atoms with Gasteiger partial charge < -0.3 is 23.8 Å². The average Bonchev–Trinajstić information content (AvgIpc) is 3.66. The number of aromatic nitrogens is 1. The van der Waals surface area contributed by atoms with Crippen molar-refractivity contribution in [2.45, 2.75) is 35.9 Å². The molecule has 1 saturated carbocycles. The molecular weight excluding hydrogens is 606 g/mol. The van der Waals surface area contributed by atoms with Crippen molar-refractivity contribution in [3.05, 3.63) is 92.6 Å². The third-order valence-electron chi connectivity index (χ3n) is 7.07. The third-order valence-corrected chi connectivity index (χ3v) is 8.65. The zero-order valence-electron chi connectivity index (χ0n) is 21.4. The largest absolute Gasteiger partial charge is 1.00 e. The summed E-state index contributed by atoms with van der Waals surface area (Å²) < 4.78 is 34.4. The molecule has 1 N–H and O–H groups in total. The van der Waals surface area contributed by atoms with E-state index in [1.165, 1.54) is 6.07 Å². The Hall–Kier alpha value is -1.59. The fraction of sp³-hybridized carbons (Fsp3) is 0.250. The Balaban J connectivity index is 0.00000323. The maximum Gasteiger partial charge on any atom is 1.00 e. The first kappa shape index (κ1) is 29.9. The summed E-state index contributed by atoms with van der Waals surface area (Å²) in [4.78, 5) is 2.09. The van der Waals surface area contributed by atoms with Crippen LogP contribution in [0, 0.1) is 0 Å². The standard InChI is InChI=1S/C28H23Cl3N2O5S.Na/c29-22-5-2-6-23(30)25(22)26-20(27(38-32-26)16-7-8-16)13-37-18-9-10-21(24(31)12-18)28(34)14-33(15-28)17-3-1-4-19(11-17)39(35)36;/h1-6,9-12,16,34H,7-8,13-15H2,(H,35,36);/q;+1/p-1. The van der Waals surface area contributed by atoms with Crippen molar-refractivity contribution in [1.82, 2.24) is 5.16 Å². The average molecular weight is 628 g/mol. The molecule has 0 bridgehead atoms. The molecule has 2 aliphatic rings. The molecule has 40 heavy (non-hydrogen) atoms. The topological polar surface area (TPSA) is 98.9 Å². The number of hydrogen-bond acceptors (Lipinski definition) is 7. The number of rotatable bonds is 8. The fourth-order valence-corrected chi connectivity index (χ4v) is 6.22. The van der Waals surface area contributed by atoms with Crippen LogP contribution in [0.25, 0.3) is 11.3 Å². The molecule has 0 spiro atoms. The van der Waals surface area contributed by atoms with E-state index < -0.39 is 16.7 Å². The van der Waals surface area contributed by atoms with Gasteiger partial charge in [0, 0.05) is 27.6 Å². The van der Waals surface area contributed by atoms with E-state index in [2.05, 4.69) is 5.16 Å². The Morgan fingerprint density at radius 1 is 1.05 bits per heavy atom. The first-order valence-corrected chi connectivity index (χ1v) is 14.5. The van der Waals surface area contributed by atoms with Crippen LogP contribution in [0.4, 0.5) is 5.69 Å². The minimum atomic E-state index is -2.32. The minimum absolute atomic E-state index is 0. The van der Waals surface area contributed by atoms with Crippen molar-refractivity contribution in [1.29, 1.82) is 0 Å². The number of β-amino-alcohol motifs (C(OH)–C–C–N with tert-alkyl or cyclic N) is 1. The quantitative estimate of drug-likeness (QED) is 0.235. The second-order valence-electron chi connectivity index (χ2n) is 9.79. The van der Waals surface area contributed by atoms with E-state index in [1.807, 2.05) is 4.90 Å². The normalized spacial score (nSPS) is 16.7. The Morgan fingerprint density at radius 3 is 2.40 bits per heavy atom. The maximum atomic E-state index is 11.3. The van der Waals surface area contributed by atoms with Crippen molar-refractivity contribution in [3.8, 4) is 17.0 Å². The van der Waals surface area contributed by atoms with E-state index in [0.717, 1.165) is 24.2 Å². The molecule has 1 unspecified atom stereocenters. The smallest absolute Gasteiger partial charge is 0.768 e. The fourth-order valence-electron chi connectivity index (χ4n) is 4.89. The number of benzene rings is 3. The molecule has 4 aromatic rings. The van der Waals surface area contributed by atoms with Crippen molar-refractivity contribution in [2.24, 2.45) is 0 Å². The molecule has 7 nitrogen and oxygen atoms in total. The van der Waals surface area contributed by atoms with E-state index in [4.69, 9.17) is 44.1 Å². The number of anilines is 1. The van der Waals surface area contributed by atoms with E-state index in [0.29, 0.717) is 49.2 Å². The molecule has 0 amide bonds. The van der Waals surface area contributed by atoms with Crippen LogP contribution in [-0.2, 0) is 23.3 Å². The number of aliphatic hydroxyl groups is 1. The predicted molar refractivity (Wildman–Crippen MR) is 149 cm³/mol. The van der Waals surface area contributed by atoms with Gasteiger partial charge in [0.2, 0.25) is 0 Å². The molecule has 3 aromatic carbocycles. The first-order chi connectivity index (χ1) is 18.7. The number of nitrogens with zero attached hydrogens (tertiary/aromatic N) is 2. The van der Waals surface area contributed by atoms with E-state index in [9.17, 15) is 13.9 Å². The summed E-state index contributed by atoms with van der Waals surface area (Å²) in [6.07, 6.45) is 2.04. The summed E-state index contributed by atoms with van der Waals surface area (Å²) in [7, 11) is 0. The Labute approximate surface area is 270 Å². The zero-order chi connectivity index (χ0) is 27.3. The van der Waals surface area contributed by atoms with Gasteiger partial charge in [-0.1, -0.05) is 58.2 Å². The number of ether oxygens (including phenoxy) is 1. The molecule has 12 heteroatoms. The van der Waals surface area contributed by atoms with Gasteiger partial charge in [-0.15, -0.1) is 0 Å². The monoisotopic (exact) mass is 626 g/mol. The van der Waals surface area contributed by atoms with Gasteiger partial charge in [0.25, 0.3) is 0 Å². The first-order valence-electron chi connectivity index (χ1n) is 12.3. The van der Waals surface area contributed by atoms with Gasteiger partial charge in [-0.25, -0.2) is 0 Å². The zero-order valence-corrected chi connectivity index (χ0v) is 26.5. The van der Waals surface area contributed by atoms with Crippen LogP contribution >= 0.6 is 34.8 Å². The SMILES string of the molecule is O=S([O-])c1cccc(N2CC(O)(c3ccc(OCc4c(-c5c(Cl)cccc5Cl)noc4C4CC4)cc3Cl)C2)c1.[Na+]. The molecule has 2 heterocycles. The van der Waals surface area contributed by atoms with Gasteiger partial charge in [-0.3, -0.25) is 4.21 Å². The Morgan fingerprint density at radius 2 is 1.75 bits per heavy atom.